The van der Waals surface area contributed by atoms with Gasteiger partial charge in [-0.25, -0.2) is 14.7 Å². The molecule has 4 rings (SSSR count). The van der Waals surface area contributed by atoms with E-state index in [4.69, 9.17) is 30.2 Å². The van der Waals surface area contributed by atoms with Gasteiger partial charge >= 0.3 is 11.8 Å². The largest absolute Gasteiger partial charge is 0.485 e. The molecule has 0 saturated carbocycles. The van der Waals surface area contributed by atoms with Gasteiger partial charge in [0, 0.05) is 6.54 Å². The fraction of sp³-hybridized carbons (Fsp3) is 0.167. The summed E-state index contributed by atoms with van der Waals surface area (Å²) in [4.78, 5) is 23.5. The number of aromatic nitrogens is 2. The molecule has 1 aliphatic rings. The van der Waals surface area contributed by atoms with Crippen LogP contribution in [-0.4, -0.2) is 29.5 Å². The summed E-state index contributed by atoms with van der Waals surface area (Å²) in [6, 6.07) is 10.8. The van der Waals surface area contributed by atoms with Crippen molar-refractivity contribution in [3.63, 3.8) is 0 Å². The van der Waals surface area contributed by atoms with Crippen LogP contribution in [0.2, 0.25) is 5.02 Å². The number of halogens is 1. The van der Waals surface area contributed by atoms with Gasteiger partial charge < -0.3 is 23.9 Å². The lowest BCUT2D eigenvalue weighted by Crippen LogP contribution is -2.27. The maximum absolute atomic E-state index is 12.2. The van der Waals surface area contributed by atoms with Crippen LogP contribution in [0.15, 0.2) is 45.6 Å². The highest BCUT2D eigenvalue weighted by Crippen LogP contribution is 2.49. The van der Waals surface area contributed by atoms with E-state index < -0.39 is 11.8 Å². The topological polar surface area (TPSA) is 116 Å². The number of amides is 1. The van der Waals surface area contributed by atoms with Crippen LogP contribution in [0, 0.1) is 0 Å². The molecule has 9 nitrogen and oxygen atoms in total. The number of benzene rings is 2. The Morgan fingerprint density at radius 3 is 2.68 bits per heavy atom. The lowest BCUT2D eigenvalue weighted by Gasteiger charge is -2.23. The van der Waals surface area contributed by atoms with Gasteiger partial charge in [-0.3, -0.25) is 0 Å². The molecule has 10 heteroatoms. The highest BCUT2D eigenvalue weighted by atomic mass is 35.5. The normalized spacial score (nSPS) is 12.5. The van der Waals surface area contributed by atoms with Crippen molar-refractivity contribution in [3.8, 4) is 28.7 Å². The van der Waals surface area contributed by atoms with Crippen LogP contribution in [0.4, 0.5) is 4.79 Å². The number of fused-ring (bicyclic) bond motifs is 1. The lowest BCUT2D eigenvalue weighted by molar-refractivity contribution is 0.161. The van der Waals surface area contributed by atoms with E-state index >= 15 is 0 Å². The smallest absolute Gasteiger partial charge is 0.434 e. The Labute approximate surface area is 163 Å². The molecule has 0 unspecified atom stereocenters. The van der Waals surface area contributed by atoms with Gasteiger partial charge in [-0.05, 0) is 11.6 Å². The Morgan fingerprint density at radius 1 is 1.21 bits per heavy atom. The fourth-order valence-electron chi connectivity index (χ4n) is 2.65. The quantitative estimate of drug-likeness (QED) is 0.688. The van der Waals surface area contributed by atoms with Crippen LogP contribution >= 0.6 is 11.6 Å². The Balaban J connectivity index is 1.60. The number of ether oxygens (including phenoxy) is 3. The first-order valence-electron chi connectivity index (χ1n) is 8.29. The third-order valence-corrected chi connectivity index (χ3v) is 4.14. The van der Waals surface area contributed by atoms with Crippen LogP contribution in [0.25, 0.3) is 11.5 Å². The monoisotopic (exact) mass is 403 g/mol. The molecular weight excluding hydrogens is 390 g/mol. The average Bonchev–Trinajstić information content (AvgIpc) is 3.15. The number of hydrogen-bond donors (Lipinski definition) is 2. The van der Waals surface area contributed by atoms with Gasteiger partial charge in [0.2, 0.25) is 5.75 Å². The zero-order valence-electron chi connectivity index (χ0n) is 14.4. The number of rotatable bonds is 4. The van der Waals surface area contributed by atoms with E-state index in [0.717, 1.165) is 5.56 Å². The molecule has 0 bridgehead atoms. The molecular formula is C18H14ClN3O6. The Hall–Kier alpha value is -3.46. The third kappa shape index (κ3) is 3.65. The summed E-state index contributed by atoms with van der Waals surface area (Å²) in [5.74, 6) is -0.388. The van der Waals surface area contributed by atoms with Crippen molar-refractivity contribution in [2.75, 3.05) is 13.2 Å². The van der Waals surface area contributed by atoms with Crippen molar-refractivity contribution < 1.29 is 23.4 Å². The van der Waals surface area contributed by atoms with Gasteiger partial charge in [-0.2, -0.15) is 0 Å². The second kappa shape index (κ2) is 7.65. The summed E-state index contributed by atoms with van der Waals surface area (Å²) in [6.07, 6.45) is -0.707. The number of aromatic amines is 1. The van der Waals surface area contributed by atoms with Crippen LogP contribution < -0.4 is 25.3 Å². The standard InChI is InChI=1S/C18H14ClN3O6/c19-12-8-11(16-21-22-18(24)28-16)13-15(26-7-6-25-13)14(12)27-17(23)20-9-10-4-2-1-3-5-10/h1-5,8H,6-7,9H2,(H,20,23)(H,22,24). The molecule has 1 aromatic heterocycles. The summed E-state index contributed by atoms with van der Waals surface area (Å²) in [5.41, 5.74) is 1.21. The number of nitrogens with one attached hydrogen (secondary N) is 2. The minimum absolute atomic E-state index is 0.00330. The molecule has 3 aromatic rings. The first-order valence-corrected chi connectivity index (χ1v) is 8.67. The van der Waals surface area contributed by atoms with Crippen molar-refractivity contribution in [1.82, 2.24) is 15.5 Å². The van der Waals surface area contributed by atoms with E-state index in [1.807, 2.05) is 30.3 Å². The third-order valence-electron chi connectivity index (χ3n) is 3.86. The molecule has 1 amide bonds. The van der Waals surface area contributed by atoms with Crippen LogP contribution in [0.5, 0.6) is 17.2 Å². The molecule has 0 radical (unpaired) electrons. The van der Waals surface area contributed by atoms with Crippen LogP contribution in [-0.2, 0) is 6.54 Å². The van der Waals surface area contributed by atoms with E-state index in [-0.39, 0.29) is 47.9 Å². The first kappa shape index (κ1) is 17.9. The molecule has 1 aliphatic heterocycles. The molecule has 0 spiro atoms. The molecule has 0 saturated heterocycles. The second-order valence-corrected chi connectivity index (χ2v) is 6.14. The van der Waals surface area contributed by atoms with Gasteiger partial charge in [-0.1, -0.05) is 41.9 Å². The van der Waals surface area contributed by atoms with Crippen LogP contribution in [0.3, 0.4) is 0 Å². The highest BCUT2D eigenvalue weighted by molar-refractivity contribution is 6.33. The van der Waals surface area contributed by atoms with Crippen molar-refractivity contribution in [1.29, 1.82) is 0 Å². The summed E-state index contributed by atoms with van der Waals surface area (Å²) in [7, 11) is 0. The zero-order valence-corrected chi connectivity index (χ0v) is 15.1. The molecule has 0 aliphatic carbocycles. The average molecular weight is 404 g/mol. The van der Waals surface area contributed by atoms with Gasteiger partial charge in [0.05, 0.1) is 10.6 Å². The van der Waals surface area contributed by atoms with E-state index in [9.17, 15) is 9.59 Å². The lowest BCUT2D eigenvalue weighted by atomic mass is 10.1. The fourth-order valence-corrected chi connectivity index (χ4v) is 2.88. The molecule has 28 heavy (non-hydrogen) atoms. The van der Waals surface area contributed by atoms with Crippen LogP contribution in [0.1, 0.15) is 5.56 Å². The van der Waals surface area contributed by atoms with Gasteiger partial charge in [0.15, 0.2) is 11.5 Å². The molecule has 0 atom stereocenters. The molecule has 2 N–H and O–H groups in total. The van der Waals surface area contributed by atoms with Crippen molar-refractivity contribution in [3.05, 3.63) is 57.5 Å². The minimum atomic E-state index is -0.725. The predicted octanol–water partition coefficient (Wildman–Crippen LogP) is 2.74. The maximum Gasteiger partial charge on any atom is 0.434 e. The number of carbonyl (C=O) groups excluding carboxylic acids is 1. The summed E-state index contributed by atoms with van der Waals surface area (Å²) < 4.78 is 21.5. The van der Waals surface area contributed by atoms with Crippen molar-refractivity contribution >= 4 is 17.7 Å². The SMILES string of the molecule is O=C(NCc1ccccc1)Oc1c(Cl)cc(-c2n[nH]c(=O)o2)c2c1OCCO2. The zero-order chi connectivity index (χ0) is 19.5. The molecule has 2 aromatic carbocycles. The van der Waals surface area contributed by atoms with Crippen molar-refractivity contribution in [2.45, 2.75) is 6.54 Å². The van der Waals surface area contributed by atoms with E-state index in [1.165, 1.54) is 6.07 Å². The predicted molar refractivity (Wildman–Crippen MR) is 97.9 cm³/mol. The Morgan fingerprint density at radius 2 is 1.96 bits per heavy atom. The maximum atomic E-state index is 12.2. The number of carbonyl (C=O) groups is 1. The summed E-state index contributed by atoms with van der Waals surface area (Å²) in [6.45, 7) is 0.780. The van der Waals surface area contributed by atoms with Gasteiger partial charge in [0.25, 0.3) is 5.89 Å². The minimum Gasteiger partial charge on any atom is -0.485 e. The summed E-state index contributed by atoms with van der Waals surface area (Å²) in [5, 5.41) is 8.64. The number of H-pyrrole nitrogens is 1. The van der Waals surface area contributed by atoms with Gasteiger partial charge in [-0.15, -0.1) is 5.10 Å². The second-order valence-electron chi connectivity index (χ2n) is 5.74. The highest BCUT2D eigenvalue weighted by Gasteiger charge is 2.28. The number of nitrogens with zero attached hydrogens (tertiary/aromatic N) is 1. The molecule has 0 fully saturated rings. The van der Waals surface area contributed by atoms with E-state index in [2.05, 4.69) is 15.5 Å². The molecule has 144 valence electrons. The number of hydrogen-bond acceptors (Lipinski definition) is 7. The summed E-state index contributed by atoms with van der Waals surface area (Å²) >= 11 is 6.29. The van der Waals surface area contributed by atoms with E-state index in [1.54, 1.807) is 0 Å². The first-order chi connectivity index (χ1) is 13.6. The van der Waals surface area contributed by atoms with E-state index in [0.29, 0.717) is 5.56 Å². The van der Waals surface area contributed by atoms with Gasteiger partial charge in [0.1, 0.15) is 13.2 Å². The Bertz CT molecular complexity index is 1060. The van der Waals surface area contributed by atoms with Crippen molar-refractivity contribution in [2.24, 2.45) is 0 Å². The molecule has 2 heterocycles. The Kier molecular flexibility index (Phi) is 4.90.